The third kappa shape index (κ3) is 5.69. The van der Waals surface area contributed by atoms with Gasteiger partial charge in [0.15, 0.2) is 5.78 Å². The number of Topliss-reactive ketones (excluding diaryl/α,β-unsaturated/α-hetero) is 1. The summed E-state index contributed by atoms with van der Waals surface area (Å²) < 4.78 is 0. The van der Waals surface area contributed by atoms with Crippen LogP contribution in [0.5, 0.6) is 0 Å². The number of hydrogen-bond donors (Lipinski definition) is 1. The van der Waals surface area contributed by atoms with Gasteiger partial charge >= 0.3 is 0 Å². The predicted molar refractivity (Wildman–Crippen MR) is 110 cm³/mol. The lowest BCUT2D eigenvalue weighted by atomic mass is 9.78. The second kappa shape index (κ2) is 9.72. The molecule has 0 saturated heterocycles. The summed E-state index contributed by atoms with van der Waals surface area (Å²) in [6.45, 7) is 10.4. The first-order valence-electron chi connectivity index (χ1n) is 10.1. The zero-order valence-corrected chi connectivity index (χ0v) is 17.4. The number of oxime groups is 1. The maximum Gasteiger partial charge on any atom is 0.168 e. The Balaban J connectivity index is 0.000000789. The van der Waals surface area contributed by atoms with Crippen molar-refractivity contribution in [2.75, 3.05) is 6.61 Å². The van der Waals surface area contributed by atoms with Crippen LogP contribution in [0.2, 0.25) is 0 Å². The van der Waals surface area contributed by atoms with Crippen LogP contribution in [0, 0.1) is 20.8 Å². The Morgan fingerprint density at radius 3 is 2.15 bits per heavy atom. The number of rotatable bonds is 5. The zero-order chi connectivity index (χ0) is 20.0. The first kappa shape index (κ1) is 21.2. The maximum absolute atomic E-state index is 12.7. The van der Waals surface area contributed by atoms with Crippen LogP contribution in [0.4, 0.5) is 0 Å². The molecule has 4 heteroatoms. The lowest BCUT2D eigenvalue weighted by Gasteiger charge is -2.27. The van der Waals surface area contributed by atoms with Crippen LogP contribution in [-0.2, 0) is 9.63 Å². The average molecular weight is 372 g/mol. The van der Waals surface area contributed by atoms with Crippen molar-refractivity contribution in [3.63, 3.8) is 0 Å². The third-order valence-corrected chi connectivity index (χ3v) is 4.87. The summed E-state index contributed by atoms with van der Waals surface area (Å²) in [5.41, 5.74) is 5.65. The summed E-state index contributed by atoms with van der Waals surface area (Å²) in [7, 11) is 0. The predicted octanol–water partition coefficient (Wildman–Crippen LogP) is 5.84. The largest absolute Gasteiger partial charge is 0.511 e. The van der Waals surface area contributed by atoms with E-state index in [-0.39, 0.29) is 17.5 Å². The van der Waals surface area contributed by atoms with Gasteiger partial charge in [-0.05, 0) is 56.7 Å². The van der Waals surface area contributed by atoms with E-state index in [0.29, 0.717) is 37.2 Å². The molecule has 4 nitrogen and oxygen atoms in total. The second-order valence-corrected chi connectivity index (χ2v) is 7.53. The molecule has 1 fully saturated rings. The molecule has 2 aliphatic carbocycles. The van der Waals surface area contributed by atoms with E-state index in [1.54, 1.807) is 0 Å². The van der Waals surface area contributed by atoms with E-state index in [1.165, 1.54) is 41.5 Å². The molecule has 0 radical (unpaired) electrons. The van der Waals surface area contributed by atoms with Gasteiger partial charge in [0.25, 0.3) is 0 Å². The van der Waals surface area contributed by atoms with Gasteiger partial charge in [0.1, 0.15) is 12.4 Å². The lowest BCUT2D eigenvalue weighted by Crippen LogP contribution is -2.24. The van der Waals surface area contributed by atoms with Crippen LogP contribution in [0.3, 0.4) is 0 Å². The summed E-state index contributed by atoms with van der Waals surface area (Å²) in [4.78, 5) is 17.8. The number of aliphatic hydroxyl groups excluding tert-OH is 1. The summed E-state index contributed by atoms with van der Waals surface area (Å²) in [6.07, 6.45) is 5.92. The highest BCUT2D eigenvalue weighted by molar-refractivity contribution is 6.23. The molecule has 1 N–H and O–H groups in total. The molecule has 1 saturated carbocycles. The molecule has 0 aromatic heterocycles. The van der Waals surface area contributed by atoms with E-state index in [4.69, 9.17) is 4.84 Å². The van der Waals surface area contributed by atoms with Gasteiger partial charge < -0.3 is 9.94 Å². The molecule has 0 aliphatic heterocycles. The van der Waals surface area contributed by atoms with Crippen LogP contribution >= 0.6 is 0 Å². The van der Waals surface area contributed by atoms with E-state index in [9.17, 15) is 9.90 Å². The van der Waals surface area contributed by atoms with Crippen LogP contribution in [0.1, 0.15) is 80.5 Å². The van der Waals surface area contributed by atoms with Crippen molar-refractivity contribution in [1.29, 1.82) is 0 Å². The Morgan fingerprint density at radius 2 is 1.70 bits per heavy atom. The minimum atomic E-state index is -0.0524. The van der Waals surface area contributed by atoms with Gasteiger partial charge in [-0.3, -0.25) is 4.79 Å². The SMILES string of the molecule is C1CC1.CCO/N=C(\CC)C1=C(O)CC(c2c(C)cc(C)cc2C)CC1=O. The fraction of sp³-hybridized carbons (Fsp3) is 0.565. The third-order valence-electron chi connectivity index (χ3n) is 4.87. The van der Waals surface area contributed by atoms with Gasteiger partial charge in [-0.25, -0.2) is 0 Å². The highest BCUT2D eigenvalue weighted by Gasteiger charge is 2.32. The van der Waals surface area contributed by atoms with Crippen LogP contribution in [0.15, 0.2) is 28.6 Å². The van der Waals surface area contributed by atoms with Crippen molar-refractivity contribution < 1.29 is 14.7 Å². The van der Waals surface area contributed by atoms with Gasteiger partial charge in [0.05, 0.1) is 11.3 Å². The summed E-state index contributed by atoms with van der Waals surface area (Å²) in [5, 5.41) is 14.5. The minimum absolute atomic E-state index is 0.0204. The average Bonchev–Trinajstić information content (AvgIpc) is 3.45. The Morgan fingerprint density at radius 1 is 1.11 bits per heavy atom. The van der Waals surface area contributed by atoms with Crippen LogP contribution in [0.25, 0.3) is 0 Å². The Hall–Kier alpha value is -2.10. The van der Waals surface area contributed by atoms with E-state index in [2.05, 4.69) is 38.1 Å². The molecule has 2 aliphatic rings. The summed E-state index contributed by atoms with van der Waals surface area (Å²) >= 11 is 0. The number of nitrogens with zero attached hydrogens (tertiary/aromatic N) is 1. The highest BCUT2D eigenvalue weighted by atomic mass is 16.6. The first-order chi connectivity index (χ1) is 12.9. The molecule has 1 aromatic rings. The van der Waals surface area contributed by atoms with E-state index >= 15 is 0 Å². The van der Waals surface area contributed by atoms with E-state index in [1.807, 2.05) is 13.8 Å². The van der Waals surface area contributed by atoms with Gasteiger partial charge in [-0.2, -0.15) is 0 Å². The fourth-order valence-corrected chi connectivity index (χ4v) is 3.69. The number of benzene rings is 1. The Kier molecular flexibility index (Phi) is 7.64. The van der Waals surface area contributed by atoms with Crippen molar-refractivity contribution >= 4 is 11.5 Å². The van der Waals surface area contributed by atoms with Gasteiger partial charge in [0, 0.05) is 12.8 Å². The van der Waals surface area contributed by atoms with Crippen molar-refractivity contribution in [3.05, 3.63) is 45.7 Å². The number of allylic oxidation sites excluding steroid dienone is 2. The molecular formula is C23H33NO3. The minimum Gasteiger partial charge on any atom is -0.511 e. The standard InChI is InChI=1S/C20H27NO3.C3H6/c1-6-16(21-24-7-2)20-17(22)10-15(11-18(20)23)19-13(4)8-12(3)9-14(19)5;1-2-3-1/h8-9,15,22H,6-7,10-11H2,1-5H3;1-3H2/b21-16+;. The smallest absolute Gasteiger partial charge is 0.168 e. The quantitative estimate of drug-likeness (QED) is 0.522. The Labute approximate surface area is 163 Å². The molecule has 0 amide bonds. The number of aryl methyl sites for hydroxylation is 3. The molecule has 1 unspecified atom stereocenters. The zero-order valence-electron chi connectivity index (χ0n) is 17.4. The van der Waals surface area contributed by atoms with Crippen molar-refractivity contribution in [2.24, 2.45) is 5.16 Å². The number of hydrogen-bond acceptors (Lipinski definition) is 4. The molecule has 1 aromatic carbocycles. The van der Waals surface area contributed by atoms with Crippen molar-refractivity contribution in [1.82, 2.24) is 0 Å². The Bertz CT molecular complexity index is 718. The molecular weight excluding hydrogens is 338 g/mol. The summed E-state index contributed by atoms with van der Waals surface area (Å²) in [5.74, 6) is 0.103. The maximum atomic E-state index is 12.7. The van der Waals surface area contributed by atoms with Crippen LogP contribution in [-0.4, -0.2) is 23.2 Å². The number of carbonyl (C=O) groups excluding carboxylic acids is 1. The molecule has 3 rings (SSSR count). The first-order valence-corrected chi connectivity index (χ1v) is 10.1. The molecule has 0 heterocycles. The number of ketones is 1. The normalized spacial score (nSPS) is 19.5. The van der Waals surface area contributed by atoms with Gasteiger partial charge in [-0.15, -0.1) is 0 Å². The molecule has 0 bridgehead atoms. The van der Waals surface area contributed by atoms with Crippen molar-refractivity contribution in [3.8, 4) is 0 Å². The van der Waals surface area contributed by atoms with Gasteiger partial charge in [-0.1, -0.05) is 49.0 Å². The molecule has 1 atom stereocenters. The second-order valence-electron chi connectivity index (χ2n) is 7.53. The van der Waals surface area contributed by atoms with Gasteiger partial charge in [0.2, 0.25) is 0 Å². The van der Waals surface area contributed by atoms with Crippen molar-refractivity contribution in [2.45, 2.75) is 79.1 Å². The monoisotopic (exact) mass is 371 g/mol. The molecule has 148 valence electrons. The molecule has 27 heavy (non-hydrogen) atoms. The van der Waals surface area contributed by atoms with E-state index < -0.39 is 0 Å². The molecule has 0 spiro atoms. The topological polar surface area (TPSA) is 58.9 Å². The van der Waals surface area contributed by atoms with Crippen LogP contribution < -0.4 is 0 Å². The van der Waals surface area contributed by atoms with E-state index in [0.717, 1.165) is 0 Å². The summed E-state index contributed by atoms with van der Waals surface area (Å²) in [6, 6.07) is 4.27. The number of carbonyl (C=O) groups is 1. The highest BCUT2D eigenvalue weighted by Crippen LogP contribution is 2.37. The number of aliphatic hydroxyl groups is 1. The fourth-order valence-electron chi connectivity index (χ4n) is 3.69. The lowest BCUT2D eigenvalue weighted by molar-refractivity contribution is -0.116.